The van der Waals surface area contributed by atoms with Crippen molar-refractivity contribution in [2.75, 3.05) is 32.2 Å². The number of ether oxygens (including phenoxy) is 2. The molecule has 29 heavy (non-hydrogen) atoms. The molecule has 0 aliphatic carbocycles. The molecule has 2 rings (SSSR count). The molecule has 2 aromatic rings. The van der Waals surface area contributed by atoms with E-state index in [1.807, 2.05) is 6.07 Å². The van der Waals surface area contributed by atoms with E-state index in [0.29, 0.717) is 5.69 Å². The molecular weight excluding hydrogens is 396 g/mol. The number of hydrogen-bond donors (Lipinski definition) is 1. The van der Waals surface area contributed by atoms with Crippen LogP contribution in [0.3, 0.4) is 0 Å². The van der Waals surface area contributed by atoms with Crippen molar-refractivity contribution in [3.05, 3.63) is 66.7 Å². The SMILES string of the molecule is C=CCN(C(=O)COC(=O)c1ccc(OC)c(S(=O)(=O)NC)c1)c1ccccc1. The number of carbonyl (C=O) groups excluding carboxylic acids is 2. The topological polar surface area (TPSA) is 102 Å². The Morgan fingerprint density at radius 3 is 2.45 bits per heavy atom. The fraction of sp³-hybridized carbons (Fsp3) is 0.200. The van der Waals surface area contributed by atoms with E-state index in [1.54, 1.807) is 30.3 Å². The second-order valence-electron chi connectivity index (χ2n) is 5.78. The van der Waals surface area contributed by atoms with Crippen molar-refractivity contribution in [2.24, 2.45) is 0 Å². The zero-order valence-electron chi connectivity index (χ0n) is 16.1. The summed E-state index contributed by atoms with van der Waals surface area (Å²) in [5.41, 5.74) is 0.614. The van der Waals surface area contributed by atoms with Gasteiger partial charge in [-0.2, -0.15) is 0 Å². The third kappa shape index (κ3) is 5.43. The van der Waals surface area contributed by atoms with E-state index in [4.69, 9.17) is 9.47 Å². The van der Waals surface area contributed by atoms with Crippen molar-refractivity contribution in [1.82, 2.24) is 4.72 Å². The molecule has 0 aliphatic rings. The monoisotopic (exact) mass is 418 g/mol. The quantitative estimate of drug-likeness (QED) is 0.494. The molecule has 1 N–H and O–H groups in total. The van der Waals surface area contributed by atoms with Crippen LogP contribution in [0.4, 0.5) is 5.69 Å². The first-order chi connectivity index (χ1) is 13.8. The van der Waals surface area contributed by atoms with Gasteiger partial charge in [-0.1, -0.05) is 24.3 Å². The summed E-state index contributed by atoms with van der Waals surface area (Å²) >= 11 is 0. The highest BCUT2D eigenvalue weighted by molar-refractivity contribution is 7.89. The fourth-order valence-corrected chi connectivity index (χ4v) is 3.42. The molecule has 0 saturated heterocycles. The van der Waals surface area contributed by atoms with Crippen LogP contribution in [0, 0.1) is 0 Å². The van der Waals surface area contributed by atoms with Gasteiger partial charge in [0, 0.05) is 12.2 Å². The lowest BCUT2D eigenvalue weighted by atomic mass is 10.2. The summed E-state index contributed by atoms with van der Waals surface area (Å²) in [5, 5.41) is 0. The van der Waals surface area contributed by atoms with E-state index in [0.717, 1.165) is 6.07 Å². The van der Waals surface area contributed by atoms with Gasteiger partial charge < -0.3 is 14.4 Å². The molecule has 8 nitrogen and oxygen atoms in total. The Kier molecular flexibility index (Phi) is 7.52. The van der Waals surface area contributed by atoms with Crippen LogP contribution in [0.25, 0.3) is 0 Å². The highest BCUT2D eigenvalue weighted by Gasteiger charge is 2.22. The number of hydrogen-bond acceptors (Lipinski definition) is 6. The summed E-state index contributed by atoms with van der Waals surface area (Å²) in [6, 6.07) is 12.7. The maximum Gasteiger partial charge on any atom is 0.338 e. The molecule has 0 atom stereocenters. The van der Waals surface area contributed by atoms with Gasteiger partial charge in [0.1, 0.15) is 10.6 Å². The maximum absolute atomic E-state index is 12.5. The van der Waals surface area contributed by atoms with Gasteiger partial charge in [-0.05, 0) is 37.4 Å². The van der Waals surface area contributed by atoms with Gasteiger partial charge in [0.25, 0.3) is 5.91 Å². The van der Waals surface area contributed by atoms with Crippen molar-refractivity contribution in [2.45, 2.75) is 4.90 Å². The minimum Gasteiger partial charge on any atom is -0.495 e. The molecule has 0 spiro atoms. The largest absolute Gasteiger partial charge is 0.495 e. The van der Waals surface area contributed by atoms with Crippen molar-refractivity contribution >= 4 is 27.6 Å². The van der Waals surface area contributed by atoms with E-state index in [9.17, 15) is 18.0 Å². The number of para-hydroxylation sites is 1. The molecule has 0 unspecified atom stereocenters. The number of anilines is 1. The Labute approximate surface area is 169 Å². The predicted molar refractivity (Wildman–Crippen MR) is 109 cm³/mol. The number of amides is 1. The van der Waals surface area contributed by atoms with Crippen LogP contribution >= 0.6 is 0 Å². The van der Waals surface area contributed by atoms with Crippen molar-refractivity contribution in [3.8, 4) is 5.75 Å². The van der Waals surface area contributed by atoms with E-state index in [-0.39, 0.29) is 22.8 Å². The lowest BCUT2D eigenvalue weighted by molar-refractivity contribution is -0.121. The number of sulfonamides is 1. The highest BCUT2D eigenvalue weighted by atomic mass is 32.2. The molecule has 0 fully saturated rings. The average molecular weight is 418 g/mol. The third-order valence-corrected chi connectivity index (χ3v) is 5.40. The number of nitrogens with one attached hydrogen (secondary N) is 1. The number of methoxy groups -OCH3 is 1. The number of carbonyl (C=O) groups is 2. The molecule has 9 heteroatoms. The molecule has 0 radical (unpaired) electrons. The predicted octanol–water partition coefficient (Wildman–Crippen LogP) is 1.98. The zero-order chi connectivity index (χ0) is 21.4. The van der Waals surface area contributed by atoms with Gasteiger partial charge in [0.15, 0.2) is 6.61 Å². The summed E-state index contributed by atoms with van der Waals surface area (Å²) in [7, 11) is -1.29. The smallest absolute Gasteiger partial charge is 0.338 e. The lowest BCUT2D eigenvalue weighted by Gasteiger charge is -2.21. The zero-order valence-corrected chi connectivity index (χ0v) is 16.9. The minimum absolute atomic E-state index is 0.0255. The third-order valence-electron chi connectivity index (χ3n) is 3.96. The molecule has 0 aliphatic heterocycles. The van der Waals surface area contributed by atoms with E-state index in [1.165, 1.54) is 31.2 Å². The second-order valence-corrected chi connectivity index (χ2v) is 7.63. The van der Waals surface area contributed by atoms with E-state index >= 15 is 0 Å². The van der Waals surface area contributed by atoms with Gasteiger partial charge in [0.05, 0.1) is 12.7 Å². The van der Waals surface area contributed by atoms with Gasteiger partial charge in [-0.25, -0.2) is 17.9 Å². The van der Waals surface area contributed by atoms with Gasteiger partial charge in [-0.15, -0.1) is 6.58 Å². The normalized spacial score (nSPS) is 10.8. The van der Waals surface area contributed by atoms with E-state index in [2.05, 4.69) is 11.3 Å². The highest BCUT2D eigenvalue weighted by Crippen LogP contribution is 2.25. The van der Waals surface area contributed by atoms with Crippen molar-refractivity contribution < 1.29 is 27.5 Å². The Balaban J connectivity index is 2.17. The van der Waals surface area contributed by atoms with Crippen LogP contribution < -0.4 is 14.4 Å². The molecule has 0 aromatic heterocycles. The van der Waals surface area contributed by atoms with Crippen LogP contribution in [-0.2, 0) is 19.6 Å². The molecule has 2 aromatic carbocycles. The first-order valence-electron chi connectivity index (χ1n) is 8.59. The number of rotatable bonds is 9. The summed E-state index contributed by atoms with van der Waals surface area (Å²) in [5.74, 6) is -1.20. The van der Waals surface area contributed by atoms with Crippen LogP contribution in [0.5, 0.6) is 5.75 Å². The number of benzene rings is 2. The van der Waals surface area contributed by atoms with Crippen molar-refractivity contribution in [3.63, 3.8) is 0 Å². The summed E-state index contributed by atoms with van der Waals surface area (Å²) in [6.07, 6.45) is 1.56. The Morgan fingerprint density at radius 1 is 1.17 bits per heavy atom. The molecule has 0 bridgehead atoms. The van der Waals surface area contributed by atoms with E-state index < -0.39 is 28.5 Å². The summed E-state index contributed by atoms with van der Waals surface area (Å²) in [6.45, 7) is 3.36. The van der Waals surface area contributed by atoms with Crippen LogP contribution in [0.1, 0.15) is 10.4 Å². The van der Waals surface area contributed by atoms with Gasteiger partial charge in [0.2, 0.25) is 10.0 Å². The molecule has 0 heterocycles. The standard InChI is InChI=1S/C20H22N2O6S/c1-4-12-22(16-8-6-5-7-9-16)19(23)14-28-20(24)15-10-11-17(27-3)18(13-15)29(25,26)21-2/h4-11,13,21H,1,12,14H2,2-3H3. The molecular formula is C20H22N2O6S. The average Bonchev–Trinajstić information content (AvgIpc) is 2.75. The number of nitrogens with zero attached hydrogens (tertiary/aromatic N) is 1. The Hall–Kier alpha value is -3.17. The van der Waals surface area contributed by atoms with Crippen LogP contribution in [0.15, 0.2) is 66.1 Å². The molecule has 0 saturated carbocycles. The first kappa shape index (κ1) is 22.1. The van der Waals surface area contributed by atoms with Crippen molar-refractivity contribution in [1.29, 1.82) is 0 Å². The first-order valence-corrected chi connectivity index (χ1v) is 10.1. The van der Waals surface area contributed by atoms with Crippen LogP contribution in [0.2, 0.25) is 0 Å². The Bertz CT molecular complexity index is 989. The summed E-state index contributed by atoms with van der Waals surface area (Å²) < 4.78 is 36.5. The van der Waals surface area contributed by atoms with Crippen LogP contribution in [-0.4, -0.2) is 47.6 Å². The Morgan fingerprint density at radius 2 is 1.86 bits per heavy atom. The van der Waals surface area contributed by atoms with Gasteiger partial charge in [-0.3, -0.25) is 4.79 Å². The van der Waals surface area contributed by atoms with Gasteiger partial charge >= 0.3 is 5.97 Å². The fourth-order valence-electron chi connectivity index (χ4n) is 2.50. The summed E-state index contributed by atoms with van der Waals surface area (Å²) in [4.78, 5) is 26.1. The molecule has 1 amide bonds. The molecule has 154 valence electrons. The minimum atomic E-state index is -3.85. The number of esters is 1. The second kappa shape index (κ2) is 9.85. The maximum atomic E-state index is 12.5. The lowest BCUT2D eigenvalue weighted by Crippen LogP contribution is -2.34.